The molecule has 0 atom stereocenters. The molecule has 0 unspecified atom stereocenters. The smallest absolute Gasteiger partial charge is 0.302 e. The van der Waals surface area contributed by atoms with E-state index in [9.17, 15) is 9.59 Å². The lowest BCUT2D eigenvalue weighted by molar-refractivity contribution is -0.142. The van der Waals surface area contributed by atoms with Gasteiger partial charge in [-0.2, -0.15) is 0 Å². The highest BCUT2D eigenvalue weighted by atomic mass is 16.5. The Labute approximate surface area is 114 Å². The minimum Gasteiger partial charge on any atom is -0.466 e. The van der Waals surface area contributed by atoms with Crippen LogP contribution >= 0.6 is 0 Å². The molecule has 0 rings (SSSR count). The van der Waals surface area contributed by atoms with E-state index in [4.69, 9.17) is 18.9 Å². The highest BCUT2D eigenvalue weighted by Crippen LogP contribution is 1.91. The molecule has 6 heteroatoms. The number of carbonyl (C=O) groups is 2. The maximum atomic E-state index is 10.5. The average molecular weight is 276 g/mol. The first-order valence-electron chi connectivity index (χ1n) is 6.55. The molecule has 0 aromatic rings. The molecule has 19 heavy (non-hydrogen) atoms. The van der Waals surface area contributed by atoms with Crippen molar-refractivity contribution in [1.82, 2.24) is 0 Å². The van der Waals surface area contributed by atoms with Crippen LogP contribution in [-0.2, 0) is 28.5 Å². The van der Waals surface area contributed by atoms with Crippen molar-refractivity contribution in [1.29, 1.82) is 0 Å². The van der Waals surface area contributed by atoms with Crippen molar-refractivity contribution in [2.24, 2.45) is 0 Å². The van der Waals surface area contributed by atoms with E-state index in [0.29, 0.717) is 52.5 Å². The third-order valence-electron chi connectivity index (χ3n) is 2.05. The van der Waals surface area contributed by atoms with Crippen molar-refractivity contribution in [3.63, 3.8) is 0 Å². The second-order valence-electron chi connectivity index (χ2n) is 3.97. The average Bonchev–Trinajstić information content (AvgIpc) is 2.34. The molecule has 0 saturated carbocycles. The summed E-state index contributed by atoms with van der Waals surface area (Å²) >= 11 is 0. The van der Waals surface area contributed by atoms with Gasteiger partial charge in [-0.1, -0.05) is 0 Å². The quantitative estimate of drug-likeness (QED) is 0.395. The third-order valence-corrected chi connectivity index (χ3v) is 2.05. The van der Waals surface area contributed by atoms with Gasteiger partial charge in [0.1, 0.15) is 0 Å². The van der Waals surface area contributed by atoms with Crippen molar-refractivity contribution in [2.45, 2.75) is 33.1 Å². The summed E-state index contributed by atoms with van der Waals surface area (Å²) in [5, 5.41) is 0. The summed E-state index contributed by atoms with van der Waals surface area (Å²) in [6.07, 6.45) is 2.24. The lowest BCUT2D eigenvalue weighted by Gasteiger charge is -2.06. The number of ether oxygens (including phenoxy) is 4. The van der Waals surface area contributed by atoms with Crippen LogP contribution in [0.15, 0.2) is 0 Å². The van der Waals surface area contributed by atoms with E-state index in [-0.39, 0.29) is 11.9 Å². The summed E-state index contributed by atoms with van der Waals surface area (Å²) in [5.74, 6) is -0.524. The first-order valence-corrected chi connectivity index (χ1v) is 6.55. The summed E-state index contributed by atoms with van der Waals surface area (Å²) in [7, 11) is 0. The van der Waals surface area contributed by atoms with Crippen LogP contribution in [0, 0.1) is 0 Å². The maximum absolute atomic E-state index is 10.5. The van der Waals surface area contributed by atoms with E-state index < -0.39 is 0 Å². The predicted molar refractivity (Wildman–Crippen MR) is 68.8 cm³/mol. The maximum Gasteiger partial charge on any atom is 0.302 e. The van der Waals surface area contributed by atoms with Crippen LogP contribution in [0.25, 0.3) is 0 Å². The van der Waals surface area contributed by atoms with E-state index in [1.54, 1.807) is 0 Å². The van der Waals surface area contributed by atoms with Crippen LogP contribution in [0.4, 0.5) is 0 Å². The Bertz CT molecular complexity index is 217. The van der Waals surface area contributed by atoms with Crippen LogP contribution in [-0.4, -0.2) is 51.6 Å². The van der Waals surface area contributed by atoms with Crippen molar-refractivity contribution in [2.75, 3.05) is 39.6 Å². The van der Waals surface area contributed by atoms with Crippen LogP contribution in [0.5, 0.6) is 0 Å². The molecule has 0 aliphatic carbocycles. The Balaban J connectivity index is 2.99. The standard InChI is InChI=1S/C13H24O6/c1-12(14)18-10-4-8-16-6-3-7-17-9-5-11-19-13(2)15/h3-11H2,1-2H3. The van der Waals surface area contributed by atoms with E-state index in [1.165, 1.54) is 13.8 Å². The van der Waals surface area contributed by atoms with Gasteiger partial charge in [0.25, 0.3) is 0 Å². The van der Waals surface area contributed by atoms with Crippen LogP contribution in [0.1, 0.15) is 33.1 Å². The monoisotopic (exact) mass is 276 g/mol. The topological polar surface area (TPSA) is 71.1 Å². The minimum atomic E-state index is -0.262. The van der Waals surface area contributed by atoms with Crippen molar-refractivity contribution >= 4 is 11.9 Å². The fraction of sp³-hybridized carbons (Fsp3) is 0.846. The molecule has 0 aliphatic heterocycles. The number of esters is 2. The van der Waals surface area contributed by atoms with Crippen LogP contribution in [0.3, 0.4) is 0 Å². The van der Waals surface area contributed by atoms with E-state index in [0.717, 1.165) is 6.42 Å². The molecule has 0 fully saturated rings. The van der Waals surface area contributed by atoms with Crippen LogP contribution in [0.2, 0.25) is 0 Å². The second-order valence-corrected chi connectivity index (χ2v) is 3.97. The van der Waals surface area contributed by atoms with Gasteiger partial charge in [-0.25, -0.2) is 0 Å². The van der Waals surface area contributed by atoms with Gasteiger partial charge >= 0.3 is 11.9 Å². The summed E-state index contributed by atoms with van der Waals surface area (Å²) in [5.41, 5.74) is 0. The zero-order chi connectivity index (χ0) is 14.3. The van der Waals surface area contributed by atoms with E-state index in [1.807, 2.05) is 0 Å². The van der Waals surface area contributed by atoms with Gasteiger partial charge in [0.05, 0.1) is 13.2 Å². The van der Waals surface area contributed by atoms with E-state index in [2.05, 4.69) is 0 Å². The first kappa shape index (κ1) is 17.9. The molecule has 0 heterocycles. The molecule has 0 aromatic heterocycles. The van der Waals surface area contributed by atoms with Crippen molar-refractivity contribution < 1.29 is 28.5 Å². The Hall–Kier alpha value is -1.14. The molecule has 0 saturated heterocycles. The molecular formula is C13H24O6. The van der Waals surface area contributed by atoms with E-state index >= 15 is 0 Å². The van der Waals surface area contributed by atoms with Gasteiger partial charge in [-0.15, -0.1) is 0 Å². The highest BCUT2D eigenvalue weighted by molar-refractivity contribution is 5.66. The molecule has 0 radical (unpaired) electrons. The SMILES string of the molecule is CC(=O)OCCCOCCCOCCCOC(C)=O. The predicted octanol–water partition coefficient (Wildman–Crippen LogP) is 1.32. The number of rotatable bonds is 12. The van der Waals surface area contributed by atoms with Gasteiger partial charge in [-0.05, 0) is 6.42 Å². The third kappa shape index (κ3) is 16.9. The van der Waals surface area contributed by atoms with Crippen LogP contribution < -0.4 is 0 Å². The number of hydrogen-bond donors (Lipinski definition) is 0. The fourth-order valence-corrected chi connectivity index (χ4v) is 1.22. The zero-order valence-electron chi connectivity index (χ0n) is 11.8. The minimum absolute atomic E-state index is 0.262. The summed E-state index contributed by atoms with van der Waals surface area (Å²) in [4.78, 5) is 20.9. The Morgan fingerprint density at radius 3 is 1.26 bits per heavy atom. The zero-order valence-corrected chi connectivity index (χ0v) is 11.8. The molecule has 0 bridgehead atoms. The first-order chi connectivity index (χ1) is 9.13. The van der Waals surface area contributed by atoms with Crippen molar-refractivity contribution in [3.8, 4) is 0 Å². The second kappa shape index (κ2) is 13.3. The number of carbonyl (C=O) groups excluding carboxylic acids is 2. The molecule has 6 nitrogen and oxygen atoms in total. The molecule has 112 valence electrons. The summed E-state index contributed by atoms with van der Waals surface area (Å²) in [6, 6.07) is 0. The van der Waals surface area contributed by atoms with Gasteiger partial charge in [0, 0.05) is 53.1 Å². The molecule has 0 N–H and O–H groups in total. The van der Waals surface area contributed by atoms with Gasteiger partial charge < -0.3 is 18.9 Å². The largest absolute Gasteiger partial charge is 0.466 e. The lowest BCUT2D eigenvalue weighted by Crippen LogP contribution is -2.08. The summed E-state index contributed by atoms with van der Waals surface area (Å²) in [6.45, 7) is 6.01. The van der Waals surface area contributed by atoms with Gasteiger partial charge in [-0.3, -0.25) is 9.59 Å². The highest BCUT2D eigenvalue weighted by Gasteiger charge is 1.95. The molecule has 0 aromatic carbocycles. The molecule has 0 spiro atoms. The Morgan fingerprint density at radius 1 is 0.632 bits per heavy atom. The van der Waals surface area contributed by atoms with Gasteiger partial charge in [0.15, 0.2) is 0 Å². The van der Waals surface area contributed by atoms with Gasteiger partial charge in [0.2, 0.25) is 0 Å². The summed E-state index contributed by atoms with van der Waals surface area (Å²) < 4.78 is 20.2. The Kier molecular flexibility index (Phi) is 12.5. The number of hydrogen-bond acceptors (Lipinski definition) is 6. The molecule has 0 aliphatic rings. The van der Waals surface area contributed by atoms with Crippen molar-refractivity contribution in [3.05, 3.63) is 0 Å². The fourth-order valence-electron chi connectivity index (χ4n) is 1.22. The molecule has 0 amide bonds. The normalized spacial score (nSPS) is 10.2. The molecular weight excluding hydrogens is 252 g/mol. The lowest BCUT2D eigenvalue weighted by atomic mass is 10.4. The Morgan fingerprint density at radius 2 is 0.947 bits per heavy atom.